The van der Waals surface area contributed by atoms with Gasteiger partial charge in [0.15, 0.2) is 0 Å². The highest BCUT2D eigenvalue weighted by Gasteiger charge is 2.28. The van der Waals surface area contributed by atoms with Crippen molar-refractivity contribution in [1.29, 1.82) is 0 Å². The van der Waals surface area contributed by atoms with E-state index in [2.05, 4.69) is 27.5 Å². The molecule has 0 saturated heterocycles. The molecule has 1 N–H and O–H groups in total. The third-order valence-electron chi connectivity index (χ3n) is 4.62. The zero-order chi connectivity index (χ0) is 18.6. The van der Waals surface area contributed by atoms with Gasteiger partial charge >= 0.3 is 0 Å². The van der Waals surface area contributed by atoms with Crippen molar-refractivity contribution in [3.63, 3.8) is 0 Å². The van der Waals surface area contributed by atoms with E-state index in [1.165, 1.54) is 23.4 Å². The molecule has 1 amide bonds. The van der Waals surface area contributed by atoms with Gasteiger partial charge in [-0.25, -0.2) is 0 Å². The molecule has 1 saturated carbocycles. The lowest BCUT2D eigenvalue weighted by Crippen LogP contribution is -2.27. The number of hydrogen-bond donors (Lipinski definition) is 1. The topological polar surface area (TPSA) is 56.1 Å². The maximum absolute atomic E-state index is 12.3. The number of carbonyl (C=O) groups is 1. The third-order valence-corrected chi connectivity index (χ3v) is 5.51. The molecule has 0 spiro atoms. The number of aromatic nitrogens is 2. The summed E-state index contributed by atoms with van der Waals surface area (Å²) in [6.45, 7) is 3.79. The van der Waals surface area contributed by atoms with Crippen molar-refractivity contribution in [3.05, 3.63) is 59.1 Å². The van der Waals surface area contributed by atoms with Crippen molar-refractivity contribution >= 4 is 17.2 Å². The lowest BCUT2D eigenvalue weighted by molar-refractivity contribution is 0.0952. The molecule has 1 aliphatic rings. The Balaban J connectivity index is 1.38. The van der Waals surface area contributed by atoms with Gasteiger partial charge in [0.25, 0.3) is 5.91 Å². The van der Waals surface area contributed by atoms with E-state index < -0.39 is 0 Å². The predicted octanol–water partition coefficient (Wildman–Crippen LogP) is 4.32. The van der Waals surface area contributed by atoms with Gasteiger partial charge in [-0.3, -0.25) is 9.48 Å². The van der Waals surface area contributed by atoms with E-state index in [0.29, 0.717) is 31.2 Å². The lowest BCUT2D eigenvalue weighted by atomic mass is 10.2. The predicted molar refractivity (Wildman–Crippen MR) is 107 cm³/mol. The van der Waals surface area contributed by atoms with E-state index in [-0.39, 0.29) is 5.91 Å². The number of carbonyl (C=O) groups excluding carboxylic acids is 1. The van der Waals surface area contributed by atoms with Gasteiger partial charge in [0.2, 0.25) is 0 Å². The van der Waals surface area contributed by atoms with Crippen molar-refractivity contribution in [3.8, 4) is 16.3 Å². The van der Waals surface area contributed by atoms with Crippen LogP contribution in [0.25, 0.3) is 10.6 Å². The van der Waals surface area contributed by atoms with Gasteiger partial charge in [0.05, 0.1) is 18.0 Å². The summed E-state index contributed by atoms with van der Waals surface area (Å²) < 4.78 is 7.47. The molecule has 3 aromatic rings. The number of amides is 1. The Kier molecular flexibility index (Phi) is 5.25. The molecule has 1 aliphatic carbocycles. The largest absolute Gasteiger partial charge is 0.494 e. The Morgan fingerprint density at radius 1 is 1.30 bits per heavy atom. The van der Waals surface area contributed by atoms with Crippen LogP contribution in [0.15, 0.2) is 47.8 Å². The molecule has 0 radical (unpaired) electrons. The molecule has 27 heavy (non-hydrogen) atoms. The molecule has 1 fully saturated rings. The average molecular weight is 382 g/mol. The summed E-state index contributed by atoms with van der Waals surface area (Å²) in [5.74, 6) is 1.32. The van der Waals surface area contributed by atoms with Gasteiger partial charge in [-0.1, -0.05) is 6.07 Å². The van der Waals surface area contributed by atoms with Crippen LogP contribution >= 0.6 is 11.3 Å². The summed E-state index contributed by atoms with van der Waals surface area (Å²) in [6, 6.07) is 13.6. The van der Waals surface area contributed by atoms with Gasteiger partial charge in [0.1, 0.15) is 11.4 Å². The fraction of sp³-hybridized carbons (Fsp3) is 0.333. The van der Waals surface area contributed by atoms with Crippen molar-refractivity contribution in [2.75, 3.05) is 13.2 Å². The van der Waals surface area contributed by atoms with Crippen LogP contribution in [0, 0.1) is 0 Å². The number of ether oxygens (including phenoxy) is 1. The minimum absolute atomic E-state index is 0.0725. The first-order valence-electron chi connectivity index (χ1n) is 9.37. The zero-order valence-electron chi connectivity index (χ0n) is 15.4. The number of hydrogen-bond acceptors (Lipinski definition) is 4. The van der Waals surface area contributed by atoms with Crippen LogP contribution in [-0.4, -0.2) is 28.8 Å². The first-order valence-corrected chi connectivity index (χ1v) is 10.2. The first-order chi connectivity index (χ1) is 13.2. The summed E-state index contributed by atoms with van der Waals surface area (Å²) in [5.41, 5.74) is 2.96. The second-order valence-electron chi connectivity index (χ2n) is 6.64. The summed E-state index contributed by atoms with van der Waals surface area (Å²) in [5, 5.41) is 9.84. The molecule has 6 heteroatoms. The van der Waals surface area contributed by atoms with Crippen molar-refractivity contribution in [2.45, 2.75) is 32.2 Å². The smallest absolute Gasteiger partial charge is 0.251 e. The molecular formula is C21H23N3O2S. The van der Waals surface area contributed by atoms with Crippen LogP contribution in [0.4, 0.5) is 0 Å². The molecule has 140 valence electrons. The van der Waals surface area contributed by atoms with Gasteiger partial charge < -0.3 is 10.1 Å². The van der Waals surface area contributed by atoms with E-state index in [1.54, 1.807) is 23.5 Å². The molecular weight excluding hydrogens is 358 g/mol. The van der Waals surface area contributed by atoms with Crippen molar-refractivity contribution < 1.29 is 9.53 Å². The van der Waals surface area contributed by atoms with Crippen LogP contribution in [0.1, 0.15) is 41.7 Å². The molecule has 2 heterocycles. The van der Waals surface area contributed by atoms with Gasteiger partial charge in [-0.2, -0.15) is 5.10 Å². The molecule has 0 aliphatic heterocycles. The lowest BCUT2D eigenvalue weighted by Gasteiger charge is -2.09. The Hall–Kier alpha value is -2.60. The highest BCUT2D eigenvalue weighted by Crippen LogP contribution is 2.41. The Bertz CT molecular complexity index is 896. The molecule has 4 rings (SSSR count). The van der Waals surface area contributed by atoms with E-state index in [4.69, 9.17) is 9.84 Å². The quantitative estimate of drug-likeness (QED) is 0.632. The highest BCUT2D eigenvalue weighted by molar-refractivity contribution is 7.13. The van der Waals surface area contributed by atoms with E-state index >= 15 is 0 Å². The first kappa shape index (κ1) is 17.8. The van der Waals surface area contributed by atoms with Crippen LogP contribution in [0.2, 0.25) is 0 Å². The Labute approximate surface area is 163 Å². The average Bonchev–Trinajstić information content (AvgIpc) is 3.20. The maximum Gasteiger partial charge on any atom is 0.251 e. The van der Waals surface area contributed by atoms with E-state index in [0.717, 1.165) is 11.4 Å². The minimum atomic E-state index is -0.0725. The summed E-state index contributed by atoms with van der Waals surface area (Å²) in [6.07, 6.45) is 2.46. The van der Waals surface area contributed by atoms with Crippen LogP contribution in [0.3, 0.4) is 0 Å². The molecule has 0 atom stereocenters. The SMILES string of the molecule is CCOc1ccc(C(=O)NCCn2nc(-c3cccs3)cc2C2CC2)cc1. The van der Waals surface area contributed by atoms with Gasteiger partial charge in [-0.15, -0.1) is 11.3 Å². The molecule has 0 unspecified atom stereocenters. The standard InChI is InChI=1S/C21H23N3O2S/c1-2-26-17-9-7-16(8-10-17)21(25)22-11-12-24-19(15-5-6-15)14-18(23-24)20-4-3-13-27-20/h3-4,7-10,13-15H,2,5-6,11-12H2,1H3,(H,22,25). The fourth-order valence-corrected chi connectivity index (χ4v) is 3.79. The van der Waals surface area contributed by atoms with E-state index in [1.807, 2.05) is 25.1 Å². The Morgan fingerprint density at radius 3 is 2.78 bits per heavy atom. The molecule has 5 nitrogen and oxygen atoms in total. The number of benzene rings is 1. The van der Waals surface area contributed by atoms with Crippen LogP contribution < -0.4 is 10.1 Å². The van der Waals surface area contributed by atoms with Crippen LogP contribution in [-0.2, 0) is 6.54 Å². The summed E-state index contributed by atoms with van der Waals surface area (Å²) in [4.78, 5) is 13.5. The van der Waals surface area contributed by atoms with Crippen molar-refractivity contribution in [2.24, 2.45) is 0 Å². The molecule has 1 aromatic carbocycles. The van der Waals surface area contributed by atoms with Gasteiger partial charge in [-0.05, 0) is 61.5 Å². The third kappa shape index (κ3) is 4.22. The zero-order valence-corrected chi connectivity index (χ0v) is 16.2. The van der Waals surface area contributed by atoms with E-state index in [9.17, 15) is 4.79 Å². The minimum Gasteiger partial charge on any atom is -0.494 e. The normalized spacial score (nSPS) is 13.5. The molecule has 2 aromatic heterocycles. The summed E-state index contributed by atoms with van der Waals surface area (Å²) in [7, 11) is 0. The van der Waals surface area contributed by atoms with Crippen molar-refractivity contribution in [1.82, 2.24) is 15.1 Å². The number of nitrogens with one attached hydrogen (secondary N) is 1. The summed E-state index contributed by atoms with van der Waals surface area (Å²) >= 11 is 1.70. The van der Waals surface area contributed by atoms with Crippen LogP contribution in [0.5, 0.6) is 5.75 Å². The highest BCUT2D eigenvalue weighted by atomic mass is 32.1. The Morgan fingerprint density at radius 2 is 2.11 bits per heavy atom. The monoisotopic (exact) mass is 381 g/mol. The fourth-order valence-electron chi connectivity index (χ4n) is 3.11. The molecule has 0 bridgehead atoms. The number of nitrogens with zero attached hydrogens (tertiary/aromatic N) is 2. The second kappa shape index (κ2) is 7.96. The van der Waals surface area contributed by atoms with Gasteiger partial charge in [0, 0.05) is 23.7 Å². The maximum atomic E-state index is 12.3. The number of thiophene rings is 1. The second-order valence-corrected chi connectivity index (χ2v) is 7.59. The number of rotatable bonds is 8.